The van der Waals surface area contributed by atoms with E-state index in [9.17, 15) is 4.79 Å². The average Bonchev–Trinajstić information content (AvgIpc) is 2.72. The summed E-state index contributed by atoms with van der Waals surface area (Å²) in [7, 11) is 0. The molecule has 1 aromatic heterocycles. The molecule has 0 aliphatic heterocycles. The third-order valence-corrected chi connectivity index (χ3v) is 1.16. The summed E-state index contributed by atoms with van der Waals surface area (Å²) >= 11 is 0. The van der Waals surface area contributed by atoms with E-state index < -0.39 is 0 Å². The van der Waals surface area contributed by atoms with Crippen LogP contribution in [0, 0.1) is 0 Å². The predicted octanol–water partition coefficient (Wildman–Crippen LogP) is 3.03. The molecule has 14 heavy (non-hydrogen) atoms. The third kappa shape index (κ3) is 5.54. The first-order chi connectivity index (χ1) is 6.74. The number of Topliss-reactive ketones (excluding diaryl/α,β-unsaturated/α-hetero) is 1. The molecule has 0 bridgehead atoms. The van der Waals surface area contributed by atoms with Gasteiger partial charge in [-0.2, -0.15) is 0 Å². The van der Waals surface area contributed by atoms with Crippen LogP contribution in [0.4, 0.5) is 0 Å². The highest BCUT2D eigenvalue weighted by atomic mass is 16.4. The maximum Gasteiger partial charge on any atom is 0.194 e. The molecule has 0 aromatic carbocycles. The van der Waals surface area contributed by atoms with Gasteiger partial charge in [-0.05, 0) is 12.1 Å². The minimum atomic E-state index is -0.159. The van der Waals surface area contributed by atoms with Crippen molar-refractivity contribution in [1.29, 1.82) is 0 Å². The normalized spacial score (nSPS) is 7.86. The zero-order valence-electron chi connectivity index (χ0n) is 9.63. The molecule has 0 aliphatic carbocycles. The van der Waals surface area contributed by atoms with Crippen LogP contribution in [0.1, 0.15) is 50.9 Å². The number of furan rings is 1. The average molecular weight is 200 g/mol. The second-order valence-electron chi connectivity index (χ2n) is 1.98. The predicted molar refractivity (Wildman–Crippen MR) is 57.3 cm³/mol. The molecule has 0 saturated carbocycles. The van der Waals surface area contributed by atoms with Gasteiger partial charge in [0, 0.05) is 6.92 Å². The highest BCUT2D eigenvalue weighted by Gasteiger charge is 2.03. The van der Waals surface area contributed by atoms with Crippen molar-refractivity contribution in [2.24, 2.45) is 0 Å². The molecular weight excluding hydrogens is 180 g/mol. The Balaban J connectivity index is 0. The fourth-order valence-corrected chi connectivity index (χ4v) is 0.652. The number of aliphatic hydroxyl groups is 1. The van der Waals surface area contributed by atoms with Gasteiger partial charge >= 0.3 is 0 Å². The Labute approximate surface area is 85.7 Å². The molecule has 3 nitrogen and oxygen atoms in total. The topological polar surface area (TPSA) is 50.4 Å². The van der Waals surface area contributed by atoms with Gasteiger partial charge in [-0.1, -0.05) is 27.7 Å². The van der Waals surface area contributed by atoms with Crippen LogP contribution in [0.2, 0.25) is 0 Å². The third-order valence-electron chi connectivity index (χ3n) is 1.16. The number of carbonyl (C=O) groups excluding carboxylic acids is 1. The van der Waals surface area contributed by atoms with Gasteiger partial charge in [0.2, 0.25) is 0 Å². The molecule has 1 aromatic rings. The lowest BCUT2D eigenvalue weighted by Gasteiger charge is -1.86. The van der Waals surface area contributed by atoms with Crippen LogP contribution in [0.5, 0.6) is 0 Å². The number of carbonyl (C=O) groups is 1. The van der Waals surface area contributed by atoms with Crippen LogP contribution in [0.25, 0.3) is 0 Å². The van der Waals surface area contributed by atoms with Gasteiger partial charge in [0.15, 0.2) is 11.5 Å². The van der Waals surface area contributed by atoms with E-state index >= 15 is 0 Å². The van der Waals surface area contributed by atoms with Crippen molar-refractivity contribution in [2.45, 2.75) is 41.2 Å². The lowest BCUT2D eigenvalue weighted by Crippen LogP contribution is -1.86. The molecule has 82 valence electrons. The van der Waals surface area contributed by atoms with Gasteiger partial charge in [0.1, 0.15) is 12.4 Å². The summed E-state index contributed by atoms with van der Waals surface area (Å²) in [6.45, 7) is 9.26. The number of ketones is 1. The molecule has 1 N–H and O–H groups in total. The number of rotatable bonds is 2. The van der Waals surface area contributed by atoms with Crippen molar-refractivity contribution < 1.29 is 14.3 Å². The molecule has 0 radical (unpaired) electrons. The van der Waals surface area contributed by atoms with Gasteiger partial charge in [-0.3, -0.25) is 4.79 Å². The first kappa shape index (κ1) is 15.4. The van der Waals surface area contributed by atoms with E-state index in [1.165, 1.54) is 6.92 Å². The van der Waals surface area contributed by atoms with Gasteiger partial charge in [-0.25, -0.2) is 0 Å². The first-order valence-corrected chi connectivity index (χ1v) is 4.94. The molecule has 0 spiro atoms. The highest BCUT2D eigenvalue weighted by Crippen LogP contribution is 2.07. The fraction of sp³-hybridized carbons (Fsp3) is 0.545. The quantitative estimate of drug-likeness (QED) is 0.746. The summed E-state index contributed by atoms with van der Waals surface area (Å²) in [5, 5.41) is 8.53. The van der Waals surface area contributed by atoms with Gasteiger partial charge < -0.3 is 9.52 Å². The summed E-state index contributed by atoms with van der Waals surface area (Å²) in [5.74, 6) is 0.592. The Hall–Kier alpha value is -1.09. The minimum Gasteiger partial charge on any atom is -0.456 e. The Bertz CT molecular complexity index is 238. The Kier molecular flexibility index (Phi) is 11.0. The van der Waals surface area contributed by atoms with E-state index in [-0.39, 0.29) is 12.4 Å². The summed E-state index contributed by atoms with van der Waals surface area (Å²) in [6.07, 6.45) is 0. The van der Waals surface area contributed by atoms with E-state index in [1.807, 2.05) is 27.7 Å². The van der Waals surface area contributed by atoms with Gasteiger partial charge in [0.25, 0.3) is 0 Å². The molecule has 0 saturated heterocycles. The monoisotopic (exact) mass is 200 g/mol. The van der Waals surface area contributed by atoms with Crippen molar-refractivity contribution in [2.75, 3.05) is 0 Å². The van der Waals surface area contributed by atoms with Crippen LogP contribution in [-0.4, -0.2) is 10.9 Å². The van der Waals surface area contributed by atoms with Crippen molar-refractivity contribution in [3.8, 4) is 0 Å². The Morgan fingerprint density at radius 3 is 2.00 bits per heavy atom. The number of aliphatic hydroxyl groups excluding tert-OH is 1. The SMILES string of the molecule is CC.CC.CC(=O)c1ccc(CO)o1. The second-order valence-corrected chi connectivity index (χ2v) is 1.98. The van der Waals surface area contributed by atoms with Crippen molar-refractivity contribution in [3.63, 3.8) is 0 Å². The van der Waals surface area contributed by atoms with Crippen LogP contribution < -0.4 is 0 Å². The lowest BCUT2D eigenvalue weighted by molar-refractivity contribution is 0.0982. The molecular formula is C11H20O3. The van der Waals surface area contributed by atoms with Crippen molar-refractivity contribution in [3.05, 3.63) is 23.7 Å². The molecule has 0 atom stereocenters. The van der Waals surface area contributed by atoms with Gasteiger partial charge in [0.05, 0.1) is 0 Å². The molecule has 1 heterocycles. The fourth-order valence-electron chi connectivity index (χ4n) is 0.652. The second kappa shape index (κ2) is 9.99. The minimum absolute atomic E-state index is 0.125. The Morgan fingerprint density at radius 2 is 1.79 bits per heavy atom. The van der Waals surface area contributed by atoms with Crippen LogP contribution in [0.15, 0.2) is 16.5 Å². The van der Waals surface area contributed by atoms with Crippen LogP contribution >= 0.6 is 0 Å². The van der Waals surface area contributed by atoms with Crippen molar-refractivity contribution >= 4 is 5.78 Å². The van der Waals surface area contributed by atoms with E-state index in [0.29, 0.717) is 11.5 Å². The molecule has 3 heteroatoms. The zero-order valence-corrected chi connectivity index (χ0v) is 9.63. The molecule has 1 rings (SSSR count). The summed E-state index contributed by atoms with van der Waals surface area (Å²) in [5.41, 5.74) is 0. The molecule has 0 amide bonds. The van der Waals surface area contributed by atoms with Crippen LogP contribution in [0.3, 0.4) is 0 Å². The van der Waals surface area contributed by atoms with Crippen molar-refractivity contribution in [1.82, 2.24) is 0 Å². The van der Waals surface area contributed by atoms with Gasteiger partial charge in [-0.15, -0.1) is 0 Å². The first-order valence-electron chi connectivity index (χ1n) is 4.94. The van der Waals surface area contributed by atoms with E-state index in [2.05, 4.69) is 0 Å². The standard InChI is InChI=1S/C7H8O3.2C2H6/c1-5(9)7-3-2-6(4-8)10-7;2*1-2/h2-3,8H,4H2,1H3;2*1-2H3. The lowest BCUT2D eigenvalue weighted by atomic mass is 10.3. The van der Waals surface area contributed by atoms with Crippen LogP contribution in [-0.2, 0) is 6.61 Å². The van der Waals surface area contributed by atoms with E-state index in [4.69, 9.17) is 9.52 Å². The summed E-state index contributed by atoms with van der Waals surface area (Å²) < 4.78 is 4.89. The number of hydrogen-bond donors (Lipinski definition) is 1. The highest BCUT2D eigenvalue weighted by molar-refractivity contribution is 5.91. The Morgan fingerprint density at radius 1 is 1.29 bits per heavy atom. The maximum absolute atomic E-state index is 10.6. The molecule has 0 fully saturated rings. The molecule has 0 aliphatic rings. The zero-order chi connectivity index (χ0) is 11.6. The smallest absolute Gasteiger partial charge is 0.194 e. The molecule has 0 unspecified atom stereocenters. The maximum atomic E-state index is 10.6. The summed E-state index contributed by atoms with van der Waals surface area (Å²) in [4.78, 5) is 10.6. The largest absolute Gasteiger partial charge is 0.456 e. The van der Waals surface area contributed by atoms with E-state index in [0.717, 1.165) is 0 Å². The summed E-state index contributed by atoms with van der Waals surface area (Å²) in [6, 6.07) is 3.13. The van der Waals surface area contributed by atoms with E-state index in [1.54, 1.807) is 12.1 Å². The number of hydrogen-bond acceptors (Lipinski definition) is 3.